The van der Waals surface area contributed by atoms with Crippen LogP contribution >= 0.6 is 15.9 Å². The first-order valence-corrected chi connectivity index (χ1v) is 7.02. The second kappa shape index (κ2) is 6.17. The molecule has 0 fully saturated rings. The number of hydrogen-bond acceptors (Lipinski definition) is 3. The van der Waals surface area contributed by atoms with Gasteiger partial charge in [-0.15, -0.1) is 0 Å². The molecule has 4 nitrogen and oxygen atoms in total. The Morgan fingerprint density at radius 2 is 2.15 bits per heavy atom. The molecule has 0 aliphatic carbocycles. The number of hydrogen-bond donors (Lipinski definition) is 0. The third-order valence-corrected chi connectivity index (χ3v) is 3.60. The lowest BCUT2D eigenvalue weighted by Crippen LogP contribution is -2.26. The summed E-state index contributed by atoms with van der Waals surface area (Å²) in [5.41, 5.74) is 0.939. The molecule has 0 N–H and O–H groups in total. The fourth-order valence-corrected chi connectivity index (χ4v) is 2.08. The van der Waals surface area contributed by atoms with E-state index < -0.39 is 0 Å². The Bertz CT molecular complexity index is 672. The normalized spacial score (nSPS) is 10.6. The summed E-state index contributed by atoms with van der Waals surface area (Å²) in [5, 5.41) is 4.09. The minimum Gasteiger partial charge on any atom is -0.373 e. The average molecular weight is 340 g/mol. The number of benzene rings is 1. The Morgan fingerprint density at radius 3 is 2.75 bits per heavy atom. The summed E-state index contributed by atoms with van der Waals surface area (Å²) in [6, 6.07) is 6.26. The van der Waals surface area contributed by atoms with E-state index in [1.807, 2.05) is 18.9 Å². The first-order valence-electron chi connectivity index (χ1n) is 6.23. The van der Waals surface area contributed by atoms with Crippen molar-refractivity contribution in [3.8, 4) is 0 Å². The molecule has 1 heterocycles. The first kappa shape index (κ1) is 14.7. The summed E-state index contributed by atoms with van der Waals surface area (Å²) in [5.74, 6) is -0.358. The smallest absolute Gasteiger partial charge is 0.269 e. The SMILES string of the molecule is CCN(C)c1cnn(Cc2ccc(Br)cc2F)c(=O)c1. The Labute approximate surface area is 125 Å². The zero-order valence-electron chi connectivity index (χ0n) is 11.3. The molecule has 1 aromatic carbocycles. The van der Waals surface area contributed by atoms with Gasteiger partial charge in [0.25, 0.3) is 5.56 Å². The molecule has 0 atom stereocenters. The van der Waals surface area contributed by atoms with E-state index in [1.54, 1.807) is 18.3 Å². The van der Waals surface area contributed by atoms with Gasteiger partial charge in [0.1, 0.15) is 5.82 Å². The second-order valence-corrected chi connectivity index (χ2v) is 5.38. The zero-order valence-corrected chi connectivity index (χ0v) is 12.9. The van der Waals surface area contributed by atoms with Crippen LogP contribution in [0.2, 0.25) is 0 Å². The van der Waals surface area contributed by atoms with Gasteiger partial charge in [0, 0.05) is 29.7 Å². The van der Waals surface area contributed by atoms with E-state index >= 15 is 0 Å². The van der Waals surface area contributed by atoms with Crippen LogP contribution in [0.15, 0.2) is 39.7 Å². The van der Waals surface area contributed by atoms with Crippen LogP contribution in [-0.2, 0) is 6.54 Å². The fourth-order valence-electron chi connectivity index (χ4n) is 1.75. The van der Waals surface area contributed by atoms with E-state index in [4.69, 9.17) is 0 Å². The molecule has 2 aromatic rings. The molecular weight excluding hydrogens is 325 g/mol. The maximum Gasteiger partial charge on any atom is 0.269 e. The third kappa shape index (κ3) is 3.25. The van der Waals surface area contributed by atoms with Crippen molar-refractivity contribution in [1.29, 1.82) is 0 Å². The van der Waals surface area contributed by atoms with Crippen LogP contribution in [0.5, 0.6) is 0 Å². The van der Waals surface area contributed by atoms with Crippen molar-refractivity contribution in [3.63, 3.8) is 0 Å². The number of rotatable bonds is 4. The molecule has 0 bridgehead atoms. The zero-order chi connectivity index (χ0) is 14.7. The highest BCUT2D eigenvalue weighted by Gasteiger charge is 2.07. The van der Waals surface area contributed by atoms with Gasteiger partial charge in [0.05, 0.1) is 18.4 Å². The van der Waals surface area contributed by atoms with Gasteiger partial charge in [-0.25, -0.2) is 9.07 Å². The summed E-state index contributed by atoms with van der Waals surface area (Å²) in [4.78, 5) is 13.9. The highest BCUT2D eigenvalue weighted by molar-refractivity contribution is 9.10. The van der Waals surface area contributed by atoms with Crippen molar-refractivity contribution in [3.05, 3.63) is 56.7 Å². The molecule has 20 heavy (non-hydrogen) atoms. The van der Waals surface area contributed by atoms with Gasteiger partial charge in [-0.1, -0.05) is 22.0 Å². The molecule has 0 amide bonds. The Morgan fingerprint density at radius 1 is 1.40 bits per heavy atom. The Hall–Kier alpha value is -1.69. The van der Waals surface area contributed by atoms with E-state index in [0.717, 1.165) is 12.2 Å². The number of nitrogens with zero attached hydrogens (tertiary/aromatic N) is 3. The van der Waals surface area contributed by atoms with Gasteiger partial charge in [-0.3, -0.25) is 4.79 Å². The maximum atomic E-state index is 13.7. The molecule has 106 valence electrons. The highest BCUT2D eigenvalue weighted by Crippen LogP contribution is 2.15. The molecule has 6 heteroatoms. The quantitative estimate of drug-likeness (QED) is 0.859. The molecule has 0 spiro atoms. The summed E-state index contributed by atoms with van der Waals surface area (Å²) in [7, 11) is 1.88. The first-order chi connectivity index (χ1) is 9.51. The summed E-state index contributed by atoms with van der Waals surface area (Å²) < 4.78 is 15.7. The van der Waals surface area contributed by atoms with Crippen LogP contribution < -0.4 is 10.5 Å². The summed E-state index contributed by atoms with van der Waals surface area (Å²) in [6.45, 7) is 2.89. The Kier molecular flexibility index (Phi) is 4.54. The fraction of sp³-hybridized carbons (Fsp3) is 0.286. The highest BCUT2D eigenvalue weighted by atomic mass is 79.9. The van der Waals surface area contributed by atoms with Crippen LogP contribution in [0.3, 0.4) is 0 Å². The van der Waals surface area contributed by atoms with Crippen LogP contribution in [0.25, 0.3) is 0 Å². The number of aromatic nitrogens is 2. The van der Waals surface area contributed by atoms with Crippen LogP contribution in [0.4, 0.5) is 10.1 Å². The van der Waals surface area contributed by atoms with Crippen LogP contribution in [0.1, 0.15) is 12.5 Å². The molecule has 0 aliphatic heterocycles. The Balaban J connectivity index is 2.28. The van der Waals surface area contributed by atoms with Crippen LogP contribution in [0, 0.1) is 5.82 Å². The van der Waals surface area contributed by atoms with Crippen molar-refractivity contribution < 1.29 is 4.39 Å². The predicted octanol–water partition coefficient (Wildman–Crippen LogP) is 2.65. The maximum absolute atomic E-state index is 13.7. The van der Waals surface area contributed by atoms with Gasteiger partial charge in [-0.05, 0) is 19.1 Å². The molecule has 0 radical (unpaired) electrons. The summed E-state index contributed by atoms with van der Waals surface area (Å²) in [6.07, 6.45) is 1.61. The van der Waals surface area contributed by atoms with Gasteiger partial charge in [-0.2, -0.15) is 5.10 Å². The summed E-state index contributed by atoms with van der Waals surface area (Å²) >= 11 is 3.20. The number of halogens is 2. The van der Waals surface area contributed by atoms with E-state index in [1.165, 1.54) is 16.8 Å². The molecule has 0 saturated heterocycles. The van der Waals surface area contributed by atoms with Crippen molar-refractivity contribution in [1.82, 2.24) is 9.78 Å². The van der Waals surface area contributed by atoms with E-state index in [2.05, 4.69) is 21.0 Å². The lowest BCUT2D eigenvalue weighted by molar-refractivity contribution is 0.571. The molecule has 2 rings (SSSR count). The minimum atomic E-state index is -0.358. The predicted molar refractivity (Wildman–Crippen MR) is 80.6 cm³/mol. The van der Waals surface area contributed by atoms with Gasteiger partial charge < -0.3 is 4.90 Å². The number of anilines is 1. The molecule has 0 saturated carbocycles. The van der Waals surface area contributed by atoms with Gasteiger partial charge in [0.2, 0.25) is 0 Å². The minimum absolute atomic E-state index is 0.119. The van der Waals surface area contributed by atoms with Crippen molar-refractivity contribution in [2.45, 2.75) is 13.5 Å². The van der Waals surface area contributed by atoms with E-state index in [9.17, 15) is 9.18 Å². The molecule has 1 aromatic heterocycles. The van der Waals surface area contributed by atoms with Crippen molar-refractivity contribution >= 4 is 21.6 Å². The van der Waals surface area contributed by atoms with E-state index in [0.29, 0.717) is 10.0 Å². The molecule has 0 unspecified atom stereocenters. The lowest BCUT2D eigenvalue weighted by Gasteiger charge is -2.16. The van der Waals surface area contributed by atoms with Crippen LogP contribution in [-0.4, -0.2) is 23.4 Å². The topological polar surface area (TPSA) is 38.1 Å². The molecule has 0 aliphatic rings. The second-order valence-electron chi connectivity index (χ2n) is 4.46. The van der Waals surface area contributed by atoms with Gasteiger partial charge >= 0.3 is 0 Å². The average Bonchev–Trinajstić information content (AvgIpc) is 2.42. The molecular formula is C14H15BrFN3O. The monoisotopic (exact) mass is 339 g/mol. The largest absolute Gasteiger partial charge is 0.373 e. The van der Waals surface area contributed by atoms with Crippen molar-refractivity contribution in [2.75, 3.05) is 18.5 Å². The standard InChI is InChI=1S/C14H15BrFN3O/c1-3-18(2)12-7-14(20)19(17-8-12)9-10-4-5-11(15)6-13(10)16/h4-8H,3,9H2,1-2H3. The van der Waals surface area contributed by atoms with Gasteiger partial charge in [0.15, 0.2) is 0 Å². The van der Waals surface area contributed by atoms with Crippen molar-refractivity contribution in [2.24, 2.45) is 0 Å². The third-order valence-electron chi connectivity index (χ3n) is 3.11. The van der Waals surface area contributed by atoms with E-state index in [-0.39, 0.29) is 17.9 Å². The lowest BCUT2D eigenvalue weighted by atomic mass is 10.2.